The molecule has 0 radical (unpaired) electrons. The van der Waals surface area contributed by atoms with E-state index >= 15 is 0 Å². The topological polar surface area (TPSA) is 70.1 Å². The fraction of sp³-hybridized carbons (Fsp3) is 0.818. The number of carbonyl (C=O) groups is 2. The van der Waals surface area contributed by atoms with Crippen LogP contribution in [0.2, 0.25) is 0 Å². The maximum atomic E-state index is 12.2. The molecule has 1 aliphatic heterocycles. The first-order valence-corrected chi connectivity index (χ1v) is 7.02. The number of ether oxygens (including phenoxy) is 1. The van der Waals surface area contributed by atoms with Crippen LogP contribution in [0, 0.1) is 0 Å². The molecule has 1 saturated heterocycles. The molecule has 0 spiro atoms. The molecule has 7 heteroatoms. The number of nitrogens with zero attached hydrogens (tertiary/aromatic N) is 2. The molecule has 1 aliphatic rings. The Bertz CT molecular complexity index is 295. The number of methoxy groups -OCH3 is 1. The second-order valence-electron chi connectivity index (χ2n) is 4.22. The molecule has 0 aliphatic carbocycles. The molecule has 0 saturated carbocycles. The van der Waals surface area contributed by atoms with Gasteiger partial charge in [0.15, 0.2) is 0 Å². The van der Waals surface area contributed by atoms with E-state index < -0.39 is 5.97 Å². The first-order chi connectivity index (χ1) is 8.56. The van der Waals surface area contributed by atoms with Crippen molar-refractivity contribution in [3.63, 3.8) is 0 Å². The normalized spacial score (nSPS) is 18.7. The first-order valence-electron chi connectivity index (χ1n) is 5.86. The third kappa shape index (κ3) is 4.38. The molecule has 1 fully saturated rings. The Morgan fingerprint density at radius 3 is 2.72 bits per heavy atom. The molecule has 1 atom stereocenters. The van der Waals surface area contributed by atoms with Gasteiger partial charge in [-0.1, -0.05) is 0 Å². The van der Waals surface area contributed by atoms with E-state index in [9.17, 15) is 9.59 Å². The molecule has 6 nitrogen and oxygen atoms in total. The lowest BCUT2D eigenvalue weighted by Crippen LogP contribution is -2.48. The predicted octanol–water partition coefficient (Wildman–Crippen LogP) is 0.577. The summed E-state index contributed by atoms with van der Waals surface area (Å²) in [6.07, 6.45) is 0.970. The van der Waals surface area contributed by atoms with Crippen LogP contribution < -0.4 is 0 Å². The number of aliphatic carboxylic acids is 1. The Balaban J connectivity index is 2.58. The Kier molecular flexibility index (Phi) is 6.28. The van der Waals surface area contributed by atoms with Gasteiger partial charge in [0.05, 0.1) is 6.61 Å². The molecule has 1 heterocycles. The fourth-order valence-electron chi connectivity index (χ4n) is 1.81. The molecule has 1 unspecified atom stereocenters. The summed E-state index contributed by atoms with van der Waals surface area (Å²) in [5.74, 6) is 0.973. The summed E-state index contributed by atoms with van der Waals surface area (Å²) in [6.45, 7) is 0.352. The lowest BCUT2D eigenvalue weighted by atomic mass is 10.2. The average molecular weight is 276 g/mol. The number of carbonyl (C=O) groups excluding carboxylic acids is 1. The monoisotopic (exact) mass is 276 g/mol. The van der Waals surface area contributed by atoms with Crippen LogP contribution in [0.4, 0.5) is 4.79 Å². The van der Waals surface area contributed by atoms with Crippen LogP contribution in [0.3, 0.4) is 0 Å². The summed E-state index contributed by atoms with van der Waals surface area (Å²) in [5.41, 5.74) is 0. The molecule has 0 aromatic heterocycles. The zero-order valence-electron chi connectivity index (χ0n) is 10.8. The van der Waals surface area contributed by atoms with Gasteiger partial charge in [-0.3, -0.25) is 4.79 Å². The number of hydrogen-bond acceptors (Lipinski definition) is 4. The first kappa shape index (κ1) is 15.1. The summed E-state index contributed by atoms with van der Waals surface area (Å²) < 4.78 is 4.90. The minimum Gasteiger partial charge on any atom is -0.480 e. The van der Waals surface area contributed by atoms with Gasteiger partial charge in [-0.05, 0) is 12.2 Å². The van der Waals surface area contributed by atoms with E-state index in [0.29, 0.717) is 13.2 Å². The van der Waals surface area contributed by atoms with Crippen LogP contribution in [0.5, 0.6) is 0 Å². The standard InChI is InChI=1S/C11H20N2O4S/c1-12(9-3-6-18-8-9)11(16)13(4-5-17-2)7-10(14)15/h9H,3-8H2,1-2H3,(H,14,15). The minimum absolute atomic E-state index is 0.210. The van der Waals surface area contributed by atoms with E-state index in [1.54, 1.807) is 11.9 Å². The van der Waals surface area contributed by atoms with Crippen LogP contribution in [0.15, 0.2) is 0 Å². The van der Waals surface area contributed by atoms with E-state index in [1.807, 2.05) is 11.8 Å². The van der Waals surface area contributed by atoms with Crippen molar-refractivity contribution in [1.82, 2.24) is 9.80 Å². The van der Waals surface area contributed by atoms with E-state index in [2.05, 4.69) is 0 Å². The van der Waals surface area contributed by atoms with E-state index in [-0.39, 0.29) is 18.6 Å². The van der Waals surface area contributed by atoms with Gasteiger partial charge in [-0.15, -0.1) is 0 Å². The SMILES string of the molecule is COCCN(CC(=O)O)C(=O)N(C)C1CCSC1. The number of carboxylic acid groups (broad SMARTS) is 1. The van der Waals surface area contributed by atoms with Gasteiger partial charge in [0.1, 0.15) is 6.54 Å². The highest BCUT2D eigenvalue weighted by molar-refractivity contribution is 7.99. The number of rotatable bonds is 6. The van der Waals surface area contributed by atoms with Gasteiger partial charge in [-0.2, -0.15) is 11.8 Å². The van der Waals surface area contributed by atoms with E-state index in [4.69, 9.17) is 9.84 Å². The second-order valence-corrected chi connectivity index (χ2v) is 5.37. The third-order valence-electron chi connectivity index (χ3n) is 2.92. The molecular formula is C11H20N2O4S. The Morgan fingerprint density at radius 1 is 1.50 bits per heavy atom. The molecule has 0 aromatic carbocycles. The molecule has 18 heavy (non-hydrogen) atoms. The van der Waals surface area contributed by atoms with Gasteiger partial charge in [0, 0.05) is 32.5 Å². The molecule has 2 amide bonds. The van der Waals surface area contributed by atoms with Crippen molar-refractivity contribution in [2.24, 2.45) is 0 Å². The highest BCUT2D eigenvalue weighted by atomic mass is 32.2. The van der Waals surface area contributed by atoms with E-state index in [1.165, 1.54) is 12.0 Å². The number of thioether (sulfide) groups is 1. The smallest absolute Gasteiger partial charge is 0.323 e. The summed E-state index contributed by atoms with van der Waals surface area (Å²) in [6, 6.07) is -0.0247. The largest absolute Gasteiger partial charge is 0.480 e. The molecule has 104 valence electrons. The van der Waals surface area contributed by atoms with Crippen molar-refractivity contribution in [3.05, 3.63) is 0 Å². The lowest BCUT2D eigenvalue weighted by Gasteiger charge is -2.30. The average Bonchev–Trinajstić information content (AvgIpc) is 2.85. The summed E-state index contributed by atoms with van der Waals surface area (Å²) in [7, 11) is 3.27. The Morgan fingerprint density at radius 2 is 2.22 bits per heavy atom. The zero-order valence-corrected chi connectivity index (χ0v) is 11.6. The van der Waals surface area contributed by atoms with Crippen LogP contribution in [-0.2, 0) is 9.53 Å². The lowest BCUT2D eigenvalue weighted by molar-refractivity contribution is -0.137. The van der Waals surface area contributed by atoms with Crippen molar-refractivity contribution in [3.8, 4) is 0 Å². The molecule has 0 bridgehead atoms. The predicted molar refractivity (Wildman–Crippen MR) is 70.0 cm³/mol. The van der Waals surface area contributed by atoms with Gasteiger partial charge in [-0.25, -0.2) is 4.79 Å². The van der Waals surface area contributed by atoms with Crippen molar-refractivity contribution >= 4 is 23.8 Å². The molecule has 1 N–H and O–H groups in total. The maximum absolute atomic E-state index is 12.2. The van der Waals surface area contributed by atoms with Crippen molar-refractivity contribution in [2.75, 3.05) is 45.4 Å². The van der Waals surface area contributed by atoms with Gasteiger partial charge >= 0.3 is 12.0 Å². The van der Waals surface area contributed by atoms with Crippen LogP contribution in [0.25, 0.3) is 0 Å². The number of urea groups is 1. The highest BCUT2D eigenvalue weighted by Crippen LogP contribution is 2.22. The number of hydrogen-bond donors (Lipinski definition) is 1. The summed E-state index contributed by atoms with van der Waals surface area (Å²) in [5, 5.41) is 8.82. The molecule has 1 rings (SSSR count). The minimum atomic E-state index is -1.01. The highest BCUT2D eigenvalue weighted by Gasteiger charge is 2.27. The van der Waals surface area contributed by atoms with Gasteiger partial charge < -0.3 is 19.6 Å². The zero-order chi connectivity index (χ0) is 13.5. The van der Waals surface area contributed by atoms with Crippen LogP contribution >= 0.6 is 11.8 Å². The Hall–Kier alpha value is -0.950. The number of amides is 2. The van der Waals surface area contributed by atoms with Crippen molar-refractivity contribution < 1.29 is 19.4 Å². The maximum Gasteiger partial charge on any atom is 0.323 e. The van der Waals surface area contributed by atoms with Gasteiger partial charge in [0.2, 0.25) is 0 Å². The van der Waals surface area contributed by atoms with Gasteiger partial charge in [0.25, 0.3) is 0 Å². The van der Waals surface area contributed by atoms with Crippen LogP contribution in [0.1, 0.15) is 6.42 Å². The quantitative estimate of drug-likeness (QED) is 0.768. The second kappa shape index (κ2) is 7.48. The number of carboxylic acids is 1. The Labute approximate surface area is 111 Å². The third-order valence-corrected chi connectivity index (χ3v) is 4.06. The fourth-order valence-corrected chi connectivity index (χ4v) is 3.08. The van der Waals surface area contributed by atoms with E-state index in [0.717, 1.165) is 17.9 Å². The van der Waals surface area contributed by atoms with Crippen molar-refractivity contribution in [1.29, 1.82) is 0 Å². The molecular weight excluding hydrogens is 256 g/mol. The van der Waals surface area contributed by atoms with Crippen LogP contribution in [-0.4, -0.2) is 78.3 Å². The summed E-state index contributed by atoms with van der Waals surface area (Å²) >= 11 is 1.82. The molecule has 0 aromatic rings. The summed E-state index contributed by atoms with van der Waals surface area (Å²) in [4.78, 5) is 25.9. The van der Waals surface area contributed by atoms with Crippen molar-refractivity contribution in [2.45, 2.75) is 12.5 Å².